The van der Waals surface area contributed by atoms with E-state index in [9.17, 15) is 14.9 Å². The molecule has 0 aliphatic carbocycles. The number of nitrogens with zero attached hydrogens (tertiary/aromatic N) is 4. The van der Waals surface area contributed by atoms with Crippen LogP contribution in [-0.4, -0.2) is 53.5 Å². The monoisotopic (exact) mass is 435 g/mol. The first kappa shape index (κ1) is 18.9. The molecule has 1 aliphatic rings. The van der Waals surface area contributed by atoms with Crippen LogP contribution in [0.5, 0.6) is 5.75 Å². The van der Waals surface area contributed by atoms with Crippen LogP contribution in [-0.2, 0) is 4.79 Å². The van der Waals surface area contributed by atoms with Crippen LogP contribution >= 0.6 is 15.9 Å². The van der Waals surface area contributed by atoms with Crippen LogP contribution in [0, 0.1) is 10.1 Å². The normalized spacial score (nSPS) is 14.1. The molecule has 2 N–H and O–H groups in total. The molecule has 1 aromatic carbocycles. The van der Waals surface area contributed by atoms with E-state index in [1.165, 1.54) is 6.20 Å². The molecule has 27 heavy (non-hydrogen) atoms. The minimum absolute atomic E-state index is 0.0456. The number of aromatic nitrogens is 1. The topological polar surface area (TPSA) is 115 Å². The van der Waals surface area contributed by atoms with E-state index in [-0.39, 0.29) is 24.0 Å². The van der Waals surface area contributed by atoms with Crippen LogP contribution in [0.15, 0.2) is 41.0 Å². The molecule has 1 saturated heterocycles. The van der Waals surface area contributed by atoms with E-state index in [1.807, 2.05) is 23.1 Å². The summed E-state index contributed by atoms with van der Waals surface area (Å²) in [6.07, 6.45) is 1.45. The summed E-state index contributed by atoms with van der Waals surface area (Å²) in [6, 6.07) is 9.12. The zero-order chi connectivity index (χ0) is 19.4. The van der Waals surface area contributed by atoms with Crippen LogP contribution in [0.2, 0.25) is 0 Å². The number of benzene rings is 1. The number of ether oxygens (including phenoxy) is 1. The van der Waals surface area contributed by atoms with E-state index in [4.69, 9.17) is 10.5 Å². The summed E-state index contributed by atoms with van der Waals surface area (Å²) < 4.78 is 5.99. The number of carbonyl (C=O) groups excluding carboxylic acids is 1. The number of piperazine rings is 1. The molecule has 1 aromatic heterocycles. The van der Waals surface area contributed by atoms with Crippen molar-refractivity contribution in [3.8, 4) is 5.75 Å². The quantitative estimate of drug-likeness (QED) is 0.564. The van der Waals surface area contributed by atoms with Crippen LogP contribution in [0.25, 0.3) is 0 Å². The molecule has 1 aliphatic heterocycles. The Morgan fingerprint density at radius 3 is 2.56 bits per heavy atom. The molecule has 0 spiro atoms. The number of carbonyl (C=O) groups is 1. The lowest BCUT2D eigenvalue weighted by molar-refractivity contribution is -0.383. The molecule has 10 heteroatoms. The summed E-state index contributed by atoms with van der Waals surface area (Å²) in [7, 11) is 0. The average Bonchev–Trinajstić information content (AvgIpc) is 2.68. The number of anilines is 2. The third-order valence-corrected chi connectivity index (χ3v) is 4.83. The second kappa shape index (κ2) is 8.21. The van der Waals surface area contributed by atoms with Crippen molar-refractivity contribution in [3.63, 3.8) is 0 Å². The first-order valence-corrected chi connectivity index (χ1v) is 9.05. The predicted octanol–water partition coefficient (Wildman–Crippen LogP) is 2.06. The molecule has 9 nitrogen and oxygen atoms in total. The summed E-state index contributed by atoms with van der Waals surface area (Å²) in [4.78, 5) is 30.6. The number of nitrogen functional groups attached to an aromatic ring is 1. The number of amides is 1. The van der Waals surface area contributed by atoms with Gasteiger partial charge in [-0.1, -0.05) is 18.2 Å². The van der Waals surface area contributed by atoms with Crippen LogP contribution < -0.4 is 15.4 Å². The summed E-state index contributed by atoms with van der Waals surface area (Å²) in [5, 5.41) is 11.4. The number of pyridine rings is 1. The molecule has 0 radical (unpaired) electrons. The van der Waals surface area contributed by atoms with E-state index in [2.05, 4.69) is 20.9 Å². The smallest absolute Gasteiger partial charge is 0.335 e. The third-order valence-electron chi connectivity index (χ3n) is 4.25. The van der Waals surface area contributed by atoms with Gasteiger partial charge in [-0.3, -0.25) is 14.9 Å². The Bertz CT molecular complexity index is 841. The zero-order valence-corrected chi connectivity index (χ0v) is 16.0. The van der Waals surface area contributed by atoms with Gasteiger partial charge in [0.15, 0.2) is 6.61 Å². The largest absolute Gasteiger partial charge is 0.484 e. The van der Waals surface area contributed by atoms with Gasteiger partial charge in [-0.15, -0.1) is 0 Å². The highest BCUT2D eigenvalue weighted by atomic mass is 79.9. The molecule has 0 atom stereocenters. The van der Waals surface area contributed by atoms with E-state index in [1.54, 1.807) is 17.0 Å². The van der Waals surface area contributed by atoms with Gasteiger partial charge in [0.05, 0.1) is 9.40 Å². The second-order valence-electron chi connectivity index (χ2n) is 5.92. The first-order valence-electron chi connectivity index (χ1n) is 8.26. The van der Waals surface area contributed by atoms with Gasteiger partial charge in [-0.2, -0.15) is 0 Å². The lowest BCUT2D eigenvalue weighted by Gasteiger charge is -2.36. The SMILES string of the molecule is Nc1ncc(Br)c(N2CCN(C(=O)COc3ccccc3)CC2)c1[N+](=O)[O-]. The van der Waals surface area contributed by atoms with E-state index in [0.29, 0.717) is 42.1 Å². The summed E-state index contributed by atoms with van der Waals surface area (Å²) in [6.45, 7) is 1.71. The Balaban J connectivity index is 1.63. The number of para-hydroxylation sites is 1. The Morgan fingerprint density at radius 1 is 1.26 bits per heavy atom. The number of halogens is 1. The fourth-order valence-corrected chi connectivity index (χ4v) is 3.44. The van der Waals surface area contributed by atoms with Crippen molar-refractivity contribution in [2.75, 3.05) is 43.4 Å². The molecule has 0 unspecified atom stereocenters. The van der Waals surface area contributed by atoms with E-state index >= 15 is 0 Å². The average molecular weight is 436 g/mol. The first-order chi connectivity index (χ1) is 13.0. The highest BCUT2D eigenvalue weighted by molar-refractivity contribution is 9.10. The van der Waals surface area contributed by atoms with Gasteiger partial charge < -0.3 is 20.3 Å². The summed E-state index contributed by atoms with van der Waals surface area (Å²) in [5.74, 6) is 0.380. The number of hydrogen-bond acceptors (Lipinski definition) is 7. The van der Waals surface area contributed by atoms with E-state index < -0.39 is 4.92 Å². The van der Waals surface area contributed by atoms with Crippen LogP contribution in [0.4, 0.5) is 17.2 Å². The van der Waals surface area contributed by atoms with Crippen molar-refractivity contribution in [1.82, 2.24) is 9.88 Å². The molecule has 3 rings (SSSR count). The Kier molecular flexibility index (Phi) is 5.75. The fourth-order valence-electron chi connectivity index (χ4n) is 2.90. The molecule has 142 valence electrons. The van der Waals surface area contributed by atoms with Crippen molar-refractivity contribution in [3.05, 3.63) is 51.1 Å². The Labute approximate surface area is 164 Å². The maximum Gasteiger partial charge on any atom is 0.335 e. The summed E-state index contributed by atoms with van der Waals surface area (Å²) in [5.41, 5.74) is 5.85. The zero-order valence-electron chi connectivity index (χ0n) is 14.4. The number of rotatable bonds is 5. The lowest BCUT2D eigenvalue weighted by Crippen LogP contribution is -2.50. The van der Waals surface area contributed by atoms with Crippen LogP contribution in [0.1, 0.15) is 0 Å². The van der Waals surface area contributed by atoms with Gasteiger partial charge in [0, 0.05) is 32.4 Å². The molecule has 2 heterocycles. The lowest BCUT2D eigenvalue weighted by atomic mass is 10.2. The fraction of sp³-hybridized carbons (Fsp3) is 0.294. The third kappa shape index (κ3) is 4.27. The van der Waals surface area contributed by atoms with Crippen LogP contribution in [0.3, 0.4) is 0 Å². The van der Waals surface area contributed by atoms with Crippen molar-refractivity contribution in [1.29, 1.82) is 0 Å². The van der Waals surface area contributed by atoms with Gasteiger partial charge in [-0.25, -0.2) is 4.98 Å². The second-order valence-corrected chi connectivity index (χ2v) is 6.77. The standard InChI is InChI=1S/C17H18BrN5O4/c18-13-10-20-17(19)16(23(25)26)15(13)22-8-6-21(7-9-22)14(24)11-27-12-4-2-1-3-5-12/h1-5,10H,6-9,11H2,(H2,19,20). The summed E-state index contributed by atoms with van der Waals surface area (Å²) >= 11 is 3.32. The van der Waals surface area contributed by atoms with Crippen molar-refractivity contribution < 1.29 is 14.5 Å². The highest BCUT2D eigenvalue weighted by Crippen LogP contribution is 2.38. The van der Waals surface area contributed by atoms with Crippen molar-refractivity contribution >= 4 is 39.0 Å². The van der Waals surface area contributed by atoms with Crippen molar-refractivity contribution in [2.45, 2.75) is 0 Å². The highest BCUT2D eigenvalue weighted by Gasteiger charge is 2.30. The van der Waals surface area contributed by atoms with Gasteiger partial charge >= 0.3 is 5.69 Å². The predicted molar refractivity (Wildman–Crippen MR) is 104 cm³/mol. The minimum Gasteiger partial charge on any atom is -0.484 e. The van der Waals surface area contributed by atoms with Gasteiger partial charge in [0.25, 0.3) is 5.91 Å². The maximum absolute atomic E-state index is 12.3. The Morgan fingerprint density at radius 2 is 1.93 bits per heavy atom. The number of nitro groups is 1. The molecular weight excluding hydrogens is 418 g/mol. The van der Waals surface area contributed by atoms with Gasteiger partial charge in [-0.05, 0) is 28.1 Å². The number of nitrogens with two attached hydrogens (primary N) is 1. The molecule has 0 bridgehead atoms. The maximum atomic E-state index is 12.3. The molecule has 1 fully saturated rings. The molecule has 2 aromatic rings. The van der Waals surface area contributed by atoms with Gasteiger partial charge in [0.2, 0.25) is 5.82 Å². The van der Waals surface area contributed by atoms with E-state index in [0.717, 1.165) is 0 Å². The number of hydrogen-bond donors (Lipinski definition) is 1. The molecule has 1 amide bonds. The van der Waals surface area contributed by atoms with Crippen molar-refractivity contribution in [2.24, 2.45) is 0 Å². The Hall–Kier alpha value is -2.88. The molecule has 0 saturated carbocycles. The minimum atomic E-state index is -0.534. The molecular formula is C17H18BrN5O4. The van der Waals surface area contributed by atoms with Gasteiger partial charge in [0.1, 0.15) is 11.4 Å².